The van der Waals surface area contributed by atoms with E-state index < -0.39 is 0 Å². The van der Waals surface area contributed by atoms with Crippen molar-refractivity contribution in [1.82, 2.24) is 4.48 Å². The van der Waals surface area contributed by atoms with Gasteiger partial charge in [-0.05, 0) is 45.0 Å². The molecule has 1 rings (SSSR count). The van der Waals surface area contributed by atoms with E-state index in [1.54, 1.807) is 0 Å². The maximum Gasteiger partial charge on any atom is 0.150 e. The number of aldehydes is 1. The largest absolute Gasteiger partial charge is 0.298 e. The van der Waals surface area contributed by atoms with E-state index in [4.69, 9.17) is 0 Å². The number of quaternary nitrogens is 1. The zero-order valence-electron chi connectivity index (χ0n) is 9.86. The van der Waals surface area contributed by atoms with Crippen molar-refractivity contribution in [2.75, 3.05) is 19.6 Å². The molecule has 0 heterocycles. The third-order valence-corrected chi connectivity index (χ3v) is 3.39. The van der Waals surface area contributed by atoms with Crippen LogP contribution in [0.25, 0.3) is 0 Å². The number of rotatable bonds is 5. The number of carbonyl (C=O) groups excluding carboxylic acids is 1. The second kappa shape index (κ2) is 5.08. The summed E-state index contributed by atoms with van der Waals surface area (Å²) >= 11 is 0. The monoisotopic (exact) mass is 206 g/mol. The Morgan fingerprint density at radius 1 is 1.00 bits per heavy atom. The molecule has 0 aliphatic heterocycles. The molecule has 0 N–H and O–H groups in total. The third-order valence-electron chi connectivity index (χ3n) is 3.39. The highest BCUT2D eigenvalue weighted by atomic mass is 16.1. The highest BCUT2D eigenvalue weighted by Crippen LogP contribution is 2.22. The summed E-state index contributed by atoms with van der Waals surface area (Å²) in [4.78, 5) is 10.6. The molecule has 0 aromatic heterocycles. The maximum atomic E-state index is 10.6. The Morgan fingerprint density at radius 2 is 1.47 bits per heavy atom. The Bertz CT molecular complexity index is 304. The summed E-state index contributed by atoms with van der Waals surface area (Å²) in [5.41, 5.74) is 2.05. The molecule has 1 aromatic rings. The van der Waals surface area contributed by atoms with Crippen LogP contribution < -0.4 is 4.48 Å². The molecule has 0 atom stereocenters. The number of nitrogens with zero attached hydrogens (tertiary/aromatic N) is 1. The van der Waals surface area contributed by atoms with Crippen molar-refractivity contribution in [3.8, 4) is 0 Å². The predicted octanol–water partition coefficient (Wildman–Crippen LogP) is 2.87. The zero-order valence-corrected chi connectivity index (χ0v) is 9.86. The van der Waals surface area contributed by atoms with Crippen molar-refractivity contribution in [1.29, 1.82) is 0 Å². The van der Waals surface area contributed by atoms with Crippen LogP contribution in [0.3, 0.4) is 0 Å². The minimum atomic E-state index is 0.750. The molecule has 0 saturated carbocycles. The van der Waals surface area contributed by atoms with Crippen LogP contribution in [0, 0.1) is 0 Å². The summed E-state index contributed by atoms with van der Waals surface area (Å²) in [6.45, 7) is 9.90. The number of hydrogen-bond donors (Lipinski definition) is 0. The van der Waals surface area contributed by atoms with Gasteiger partial charge in [0, 0.05) is 5.56 Å². The Morgan fingerprint density at radius 3 is 1.80 bits per heavy atom. The van der Waals surface area contributed by atoms with Gasteiger partial charge in [-0.2, -0.15) is 0 Å². The minimum Gasteiger partial charge on any atom is -0.298 e. The standard InChI is InChI=1S/C13H20NO/c1-4-14(5-2,6-3)13-9-7-12(11-15)8-10-13/h7-11H,4-6H2,1-3H3/q+1. The van der Waals surface area contributed by atoms with Gasteiger partial charge in [0.2, 0.25) is 0 Å². The van der Waals surface area contributed by atoms with Crippen molar-refractivity contribution in [3.63, 3.8) is 0 Å². The fourth-order valence-electron chi connectivity index (χ4n) is 2.09. The lowest BCUT2D eigenvalue weighted by Gasteiger charge is -2.35. The molecule has 0 radical (unpaired) electrons. The Balaban J connectivity index is 3.06. The lowest BCUT2D eigenvalue weighted by molar-refractivity contribution is 0.112. The van der Waals surface area contributed by atoms with E-state index in [2.05, 4.69) is 32.9 Å². The van der Waals surface area contributed by atoms with Crippen LogP contribution in [-0.4, -0.2) is 25.9 Å². The van der Waals surface area contributed by atoms with Crippen molar-refractivity contribution in [3.05, 3.63) is 29.8 Å². The Hall–Kier alpha value is -1.15. The average molecular weight is 206 g/mol. The zero-order chi connectivity index (χ0) is 11.3. The van der Waals surface area contributed by atoms with Crippen LogP contribution in [0.15, 0.2) is 24.3 Å². The van der Waals surface area contributed by atoms with Crippen LogP contribution in [0.4, 0.5) is 5.69 Å². The Labute approximate surface area is 92.1 Å². The fraction of sp³-hybridized carbons (Fsp3) is 0.462. The van der Waals surface area contributed by atoms with Gasteiger partial charge in [-0.3, -0.25) is 9.28 Å². The van der Waals surface area contributed by atoms with Gasteiger partial charge in [0.15, 0.2) is 0 Å². The Kier molecular flexibility index (Phi) is 4.04. The third kappa shape index (κ3) is 2.26. The molecule has 2 heteroatoms. The van der Waals surface area contributed by atoms with Crippen molar-refractivity contribution in [2.24, 2.45) is 0 Å². The van der Waals surface area contributed by atoms with Gasteiger partial charge >= 0.3 is 0 Å². The lowest BCUT2D eigenvalue weighted by atomic mass is 10.1. The first-order chi connectivity index (χ1) is 7.22. The molecular formula is C13H20NO+. The van der Waals surface area contributed by atoms with Crippen LogP contribution in [0.2, 0.25) is 0 Å². The number of hydrogen-bond acceptors (Lipinski definition) is 1. The average Bonchev–Trinajstić information content (AvgIpc) is 2.33. The van der Waals surface area contributed by atoms with E-state index in [1.807, 2.05) is 12.1 Å². The van der Waals surface area contributed by atoms with Gasteiger partial charge in [-0.1, -0.05) is 0 Å². The molecule has 0 aliphatic rings. The molecule has 1 aromatic carbocycles. The van der Waals surface area contributed by atoms with Gasteiger partial charge in [0.05, 0.1) is 19.6 Å². The molecular weight excluding hydrogens is 186 g/mol. The van der Waals surface area contributed by atoms with Gasteiger partial charge in [-0.25, -0.2) is 0 Å². The van der Waals surface area contributed by atoms with E-state index in [0.717, 1.165) is 36.0 Å². The predicted molar refractivity (Wildman–Crippen MR) is 65.2 cm³/mol. The fourth-order valence-corrected chi connectivity index (χ4v) is 2.09. The first-order valence-corrected chi connectivity index (χ1v) is 5.64. The van der Waals surface area contributed by atoms with Crippen LogP contribution in [-0.2, 0) is 0 Å². The van der Waals surface area contributed by atoms with Crippen molar-refractivity contribution < 1.29 is 4.79 Å². The quantitative estimate of drug-likeness (QED) is 0.535. The van der Waals surface area contributed by atoms with E-state index in [0.29, 0.717) is 0 Å². The SMILES string of the molecule is CC[N+](CC)(CC)c1ccc(C=O)cc1. The second-order valence-corrected chi connectivity index (χ2v) is 3.80. The van der Waals surface area contributed by atoms with E-state index in [-0.39, 0.29) is 0 Å². The van der Waals surface area contributed by atoms with Crippen LogP contribution in [0.5, 0.6) is 0 Å². The van der Waals surface area contributed by atoms with Gasteiger partial charge < -0.3 is 0 Å². The topological polar surface area (TPSA) is 17.1 Å². The molecule has 15 heavy (non-hydrogen) atoms. The second-order valence-electron chi connectivity index (χ2n) is 3.80. The molecule has 0 spiro atoms. The molecule has 0 amide bonds. The lowest BCUT2D eigenvalue weighted by Crippen LogP contribution is -2.48. The first kappa shape index (κ1) is 11.9. The summed E-state index contributed by atoms with van der Waals surface area (Å²) in [6.07, 6.45) is 0.891. The smallest absolute Gasteiger partial charge is 0.150 e. The summed E-state index contributed by atoms with van der Waals surface area (Å²) < 4.78 is 0.985. The van der Waals surface area contributed by atoms with E-state index in [1.165, 1.54) is 5.69 Å². The number of benzene rings is 1. The summed E-state index contributed by atoms with van der Waals surface area (Å²) in [5, 5.41) is 0. The highest BCUT2D eigenvalue weighted by Gasteiger charge is 2.23. The highest BCUT2D eigenvalue weighted by molar-refractivity contribution is 5.75. The molecule has 0 aliphatic carbocycles. The van der Waals surface area contributed by atoms with Crippen molar-refractivity contribution >= 4 is 12.0 Å². The molecule has 0 fully saturated rings. The molecule has 0 saturated heterocycles. The van der Waals surface area contributed by atoms with Gasteiger partial charge in [0.25, 0.3) is 0 Å². The molecule has 82 valence electrons. The number of carbonyl (C=O) groups is 1. The van der Waals surface area contributed by atoms with Crippen LogP contribution in [0.1, 0.15) is 31.1 Å². The molecule has 0 bridgehead atoms. The summed E-state index contributed by atoms with van der Waals surface area (Å²) in [6, 6.07) is 7.94. The minimum absolute atomic E-state index is 0.750. The maximum absolute atomic E-state index is 10.6. The first-order valence-electron chi connectivity index (χ1n) is 5.64. The van der Waals surface area contributed by atoms with Crippen LogP contribution >= 0.6 is 0 Å². The molecule has 2 nitrogen and oxygen atoms in total. The normalized spacial score (nSPS) is 11.4. The van der Waals surface area contributed by atoms with E-state index >= 15 is 0 Å². The molecule has 0 unspecified atom stereocenters. The van der Waals surface area contributed by atoms with Gasteiger partial charge in [0.1, 0.15) is 12.0 Å². The van der Waals surface area contributed by atoms with Gasteiger partial charge in [-0.15, -0.1) is 0 Å². The van der Waals surface area contributed by atoms with Crippen molar-refractivity contribution in [2.45, 2.75) is 20.8 Å². The summed E-state index contributed by atoms with van der Waals surface area (Å²) in [5.74, 6) is 0. The van der Waals surface area contributed by atoms with E-state index in [9.17, 15) is 4.79 Å². The summed E-state index contributed by atoms with van der Waals surface area (Å²) in [7, 11) is 0.